The Morgan fingerprint density at radius 2 is 1.76 bits per heavy atom. The van der Waals surface area contributed by atoms with E-state index < -0.39 is 11.2 Å². The van der Waals surface area contributed by atoms with E-state index in [1.54, 1.807) is 6.07 Å². The summed E-state index contributed by atoms with van der Waals surface area (Å²) in [5, 5.41) is 13.2. The van der Waals surface area contributed by atoms with E-state index in [9.17, 15) is 14.9 Å². The highest BCUT2D eigenvalue weighted by atomic mass is 35.5. The first kappa shape index (κ1) is 23.6. The summed E-state index contributed by atoms with van der Waals surface area (Å²) in [6.07, 6.45) is 0.431. The quantitative estimate of drug-likeness (QED) is 0.373. The molecule has 0 radical (unpaired) electrons. The van der Waals surface area contributed by atoms with E-state index in [-0.39, 0.29) is 18.0 Å². The molecule has 0 spiro atoms. The molecule has 1 heterocycles. The molecular formula is C27H22ClN3O2S. The molecule has 34 heavy (non-hydrogen) atoms. The van der Waals surface area contributed by atoms with Gasteiger partial charge >= 0.3 is 0 Å². The monoisotopic (exact) mass is 487 g/mol. The summed E-state index contributed by atoms with van der Waals surface area (Å²) in [6.45, 7) is 2.24. The highest BCUT2D eigenvalue weighted by Gasteiger charge is 2.40. The summed E-state index contributed by atoms with van der Waals surface area (Å²) in [5.74, 6) is -0.686. The van der Waals surface area contributed by atoms with Crippen molar-refractivity contribution in [3.8, 4) is 6.07 Å². The molecule has 7 heteroatoms. The molecule has 0 aliphatic carbocycles. The molecule has 0 aromatic heterocycles. The molecular weight excluding hydrogens is 466 g/mol. The van der Waals surface area contributed by atoms with Crippen molar-refractivity contribution < 1.29 is 9.59 Å². The Kier molecular flexibility index (Phi) is 7.36. The Bertz CT molecular complexity index is 1280. The van der Waals surface area contributed by atoms with Gasteiger partial charge in [0.05, 0.1) is 5.25 Å². The van der Waals surface area contributed by atoms with Gasteiger partial charge in [0.15, 0.2) is 0 Å². The van der Waals surface area contributed by atoms with Crippen LogP contribution in [0.15, 0.2) is 89.5 Å². The second kappa shape index (κ2) is 10.6. The lowest BCUT2D eigenvalue weighted by molar-refractivity contribution is -0.117. The standard InChI is InChI=1S/C27H22ClN3O2S/c1-18-10-12-22(13-11-18)31-26(33)24(15-20-8-5-9-21(28)14-20)34-27(31)23(16-29)25(32)30-17-19-6-3-2-4-7-19/h2-14,24H,15,17H2,1H3,(H,30,32)/b27-23-/t24-/m1/s1. The van der Waals surface area contributed by atoms with Crippen molar-refractivity contribution in [2.24, 2.45) is 0 Å². The fourth-order valence-corrected chi connectivity index (χ4v) is 5.18. The number of hydrogen-bond donors (Lipinski definition) is 1. The van der Waals surface area contributed by atoms with Gasteiger partial charge in [0, 0.05) is 17.3 Å². The van der Waals surface area contributed by atoms with Crippen LogP contribution in [0.5, 0.6) is 0 Å². The Morgan fingerprint density at radius 1 is 1.06 bits per heavy atom. The Hall–Kier alpha value is -3.53. The Labute approximate surface area is 208 Å². The number of carbonyl (C=O) groups excluding carboxylic acids is 2. The van der Waals surface area contributed by atoms with Gasteiger partial charge in [-0.15, -0.1) is 0 Å². The van der Waals surface area contributed by atoms with Crippen LogP contribution >= 0.6 is 23.4 Å². The number of nitrogens with one attached hydrogen (secondary N) is 1. The van der Waals surface area contributed by atoms with Crippen molar-refractivity contribution >= 4 is 40.9 Å². The van der Waals surface area contributed by atoms with Crippen molar-refractivity contribution in [3.05, 3.63) is 111 Å². The lowest BCUT2D eigenvalue weighted by Gasteiger charge is -2.19. The van der Waals surface area contributed by atoms with Crippen LogP contribution in [0.3, 0.4) is 0 Å². The van der Waals surface area contributed by atoms with Crippen molar-refractivity contribution in [2.75, 3.05) is 4.90 Å². The van der Waals surface area contributed by atoms with Crippen LogP contribution in [0, 0.1) is 18.3 Å². The first-order valence-corrected chi connectivity index (χ1v) is 12.0. The normalized spacial score (nSPS) is 16.8. The Balaban J connectivity index is 1.67. The summed E-state index contributed by atoms with van der Waals surface area (Å²) >= 11 is 7.37. The molecule has 1 N–H and O–H groups in total. The van der Waals surface area contributed by atoms with Gasteiger partial charge in [-0.05, 0) is 48.7 Å². The molecule has 0 saturated carbocycles. The van der Waals surface area contributed by atoms with Crippen molar-refractivity contribution in [1.29, 1.82) is 5.26 Å². The molecule has 170 valence electrons. The molecule has 1 aliphatic rings. The minimum atomic E-state index is -0.512. The number of nitrogens with zero attached hydrogens (tertiary/aromatic N) is 2. The topological polar surface area (TPSA) is 73.2 Å². The van der Waals surface area contributed by atoms with Gasteiger partial charge in [0.25, 0.3) is 5.91 Å². The maximum atomic E-state index is 13.5. The molecule has 4 rings (SSSR count). The highest BCUT2D eigenvalue weighted by molar-refractivity contribution is 8.05. The molecule has 1 atom stereocenters. The number of halogens is 1. The summed E-state index contributed by atoms with van der Waals surface area (Å²) in [7, 11) is 0. The minimum absolute atomic E-state index is 0.0801. The number of aryl methyl sites for hydroxylation is 1. The molecule has 0 bridgehead atoms. The average Bonchev–Trinajstić information content (AvgIpc) is 3.15. The van der Waals surface area contributed by atoms with E-state index in [0.29, 0.717) is 22.2 Å². The van der Waals surface area contributed by atoms with E-state index in [2.05, 4.69) is 5.32 Å². The fourth-order valence-electron chi connectivity index (χ4n) is 3.66. The van der Waals surface area contributed by atoms with Gasteiger partial charge in [0.2, 0.25) is 5.91 Å². The third-order valence-electron chi connectivity index (χ3n) is 5.40. The van der Waals surface area contributed by atoms with Crippen molar-refractivity contribution in [1.82, 2.24) is 5.32 Å². The number of thioether (sulfide) groups is 1. The summed E-state index contributed by atoms with van der Waals surface area (Å²) in [4.78, 5) is 28.0. The second-order valence-electron chi connectivity index (χ2n) is 7.91. The van der Waals surface area contributed by atoms with Crippen LogP contribution in [0.2, 0.25) is 5.02 Å². The number of amides is 2. The van der Waals surface area contributed by atoms with Gasteiger partial charge in [-0.1, -0.05) is 83.5 Å². The van der Waals surface area contributed by atoms with E-state index in [1.165, 1.54) is 16.7 Å². The van der Waals surface area contributed by atoms with E-state index >= 15 is 0 Å². The first-order valence-electron chi connectivity index (χ1n) is 10.7. The van der Waals surface area contributed by atoms with Crippen LogP contribution < -0.4 is 10.2 Å². The average molecular weight is 488 g/mol. The lowest BCUT2D eigenvalue weighted by atomic mass is 10.1. The molecule has 1 saturated heterocycles. The van der Waals surface area contributed by atoms with Crippen molar-refractivity contribution in [2.45, 2.75) is 25.1 Å². The number of hydrogen-bond acceptors (Lipinski definition) is 4. The smallest absolute Gasteiger partial charge is 0.264 e. The van der Waals surface area contributed by atoms with Crippen LogP contribution in [0.4, 0.5) is 5.69 Å². The molecule has 2 amide bonds. The van der Waals surface area contributed by atoms with Crippen LogP contribution in [-0.2, 0) is 22.6 Å². The van der Waals surface area contributed by atoms with Gasteiger partial charge in [-0.3, -0.25) is 14.5 Å². The van der Waals surface area contributed by atoms with Gasteiger partial charge in [-0.25, -0.2) is 0 Å². The zero-order valence-electron chi connectivity index (χ0n) is 18.5. The molecule has 0 unspecified atom stereocenters. The largest absolute Gasteiger partial charge is 0.347 e. The fraction of sp³-hybridized carbons (Fsp3) is 0.148. The summed E-state index contributed by atoms with van der Waals surface area (Å²) < 4.78 is 0. The maximum absolute atomic E-state index is 13.5. The van der Waals surface area contributed by atoms with E-state index in [4.69, 9.17) is 11.6 Å². The van der Waals surface area contributed by atoms with Gasteiger partial charge < -0.3 is 5.32 Å². The highest BCUT2D eigenvalue weighted by Crippen LogP contribution is 2.42. The minimum Gasteiger partial charge on any atom is -0.347 e. The zero-order chi connectivity index (χ0) is 24.1. The number of rotatable bonds is 6. The molecule has 1 aliphatic heterocycles. The molecule has 5 nitrogen and oxygen atoms in total. The predicted octanol–water partition coefficient (Wildman–Crippen LogP) is 5.39. The zero-order valence-corrected chi connectivity index (χ0v) is 20.1. The van der Waals surface area contributed by atoms with Crippen LogP contribution in [-0.4, -0.2) is 17.1 Å². The van der Waals surface area contributed by atoms with E-state index in [1.807, 2.05) is 85.8 Å². The summed E-state index contributed by atoms with van der Waals surface area (Å²) in [5.41, 5.74) is 3.42. The van der Waals surface area contributed by atoms with Gasteiger partial charge in [-0.2, -0.15) is 5.26 Å². The Morgan fingerprint density at radius 3 is 2.44 bits per heavy atom. The van der Waals surface area contributed by atoms with E-state index in [0.717, 1.165) is 16.7 Å². The van der Waals surface area contributed by atoms with Gasteiger partial charge in [0.1, 0.15) is 16.7 Å². The summed E-state index contributed by atoms with van der Waals surface area (Å²) in [6, 6.07) is 26.3. The van der Waals surface area contributed by atoms with Crippen molar-refractivity contribution in [3.63, 3.8) is 0 Å². The number of nitriles is 1. The molecule has 3 aromatic rings. The number of anilines is 1. The maximum Gasteiger partial charge on any atom is 0.264 e. The first-order chi connectivity index (χ1) is 16.5. The van der Waals surface area contributed by atoms with Crippen LogP contribution in [0.1, 0.15) is 16.7 Å². The third-order valence-corrected chi connectivity index (χ3v) is 6.90. The molecule has 3 aromatic carbocycles. The third kappa shape index (κ3) is 5.33. The second-order valence-corrected chi connectivity index (χ2v) is 9.54. The lowest BCUT2D eigenvalue weighted by Crippen LogP contribution is -2.32. The molecule has 1 fully saturated rings. The number of carbonyl (C=O) groups is 2. The predicted molar refractivity (Wildman–Crippen MR) is 136 cm³/mol. The van der Waals surface area contributed by atoms with Crippen LogP contribution in [0.25, 0.3) is 0 Å². The number of benzene rings is 3. The SMILES string of the molecule is Cc1ccc(N2C(=O)[C@@H](Cc3cccc(Cl)c3)S/C2=C(/C#N)C(=O)NCc2ccccc2)cc1.